The highest BCUT2D eigenvalue weighted by molar-refractivity contribution is 5.81. The fourth-order valence-corrected chi connectivity index (χ4v) is 1.53. The molecule has 0 saturated heterocycles. The van der Waals surface area contributed by atoms with Gasteiger partial charge in [-0.25, -0.2) is 0 Å². The molecule has 0 aliphatic heterocycles. The summed E-state index contributed by atoms with van der Waals surface area (Å²) in [7, 11) is 1.67. The third-order valence-corrected chi connectivity index (χ3v) is 2.69. The first kappa shape index (κ1) is 15.4. The number of nitrogens with one attached hydrogen (secondary N) is 2. The van der Waals surface area contributed by atoms with Gasteiger partial charge in [-0.15, -0.1) is 0 Å². The van der Waals surface area contributed by atoms with Crippen LogP contribution in [0.2, 0.25) is 0 Å². The van der Waals surface area contributed by atoms with Crippen molar-refractivity contribution in [2.24, 2.45) is 0 Å². The number of hydrogen-bond donors (Lipinski definition) is 2. The van der Waals surface area contributed by atoms with Crippen molar-refractivity contribution in [2.75, 3.05) is 20.3 Å². The zero-order valence-corrected chi connectivity index (χ0v) is 11.0. The van der Waals surface area contributed by atoms with Gasteiger partial charge < -0.3 is 15.4 Å². The van der Waals surface area contributed by atoms with Crippen molar-refractivity contribution >= 4 is 5.91 Å². The van der Waals surface area contributed by atoms with Crippen LogP contribution in [0.25, 0.3) is 0 Å². The summed E-state index contributed by atoms with van der Waals surface area (Å²) in [5.74, 6) is 0.0722. The second kappa shape index (κ2) is 9.60. The SMILES string of the molecule is CCC(CC)NC(C)C(=O)NCCCOC. The summed E-state index contributed by atoms with van der Waals surface area (Å²) in [5.41, 5.74) is 0. The van der Waals surface area contributed by atoms with E-state index in [0.29, 0.717) is 19.2 Å². The van der Waals surface area contributed by atoms with E-state index in [-0.39, 0.29) is 11.9 Å². The van der Waals surface area contributed by atoms with Crippen molar-refractivity contribution in [1.29, 1.82) is 0 Å². The molecule has 1 unspecified atom stereocenters. The molecule has 96 valence electrons. The normalized spacial score (nSPS) is 12.8. The highest BCUT2D eigenvalue weighted by atomic mass is 16.5. The lowest BCUT2D eigenvalue weighted by Crippen LogP contribution is -2.46. The highest BCUT2D eigenvalue weighted by Gasteiger charge is 2.14. The molecule has 16 heavy (non-hydrogen) atoms. The van der Waals surface area contributed by atoms with E-state index in [4.69, 9.17) is 4.74 Å². The minimum Gasteiger partial charge on any atom is -0.385 e. The molecule has 0 heterocycles. The molecule has 0 rings (SSSR count). The summed E-state index contributed by atoms with van der Waals surface area (Å²) in [6.45, 7) is 7.54. The second-order valence-corrected chi connectivity index (χ2v) is 4.04. The maximum absolute atomic E-state index is 11.7. The Kier molecular flexibility index (Phi) is 9.24. The van der Waals surface area contributed by atoms with Crippen LogP contribution in [0.1, 0.15) is 40.0 Å². The van der Waals surface area contributed by atoms with Gasteiger partial charge in [0.15, 0.2) is 0 Å². The van der Waals surface area contributed by atoms with E-state index >= 15 is 0 Å². The largest absolute Gasteiger partial charge is 0.385 e. The average Bonchev–Trinajstić information content (AvgIpc) is 2.30. The lowest BCUT2D eigenvalue weighted by atomic mass is 10.1. The van der Waals surface area contributed by atoms with Crippen molar-refractivity contribution in [3.05, 3.63) is 0 Å². The van der Waals surface area contributed by atoms with Gasteiger partial charge in [0.1, 0.15) is 0 Å². The van der Waals surface area contributed by atoms with Gasteiger partial charge in [-0.05, 0) is 26.2 Å². The van der Waals surface area contributed by atoms with Crippen LogP contribution in [-0.2, 0) is 9.53 Å². The van der Waals surface area contributed by atoms with E-state index in [1.165, 1.54) is 0 Å². The molecular weight excluding hydrogens is 204 g/mol. The van der Waals surface area contributed by atoms with Crippen molar-refractivity contribution in [1.82, 2.24) is 10.6 Å². The molecule has 1 atom stereocenters. The zero-order chi connectivity index (χ0) is 12.4. The first-order valence-corrected chi connectivity index (χ1v) is 6.18. The van der Waals surface area contributed by atoms with Crippen molar-refractivity contribution in [3.8, 4) is 0 Å². The van der Waals surface area contributed by atoms with Gasteiger partial charge in [0.25, 0.3) is 0 Å². The van der Waals surface area contributed by atoms with Crippen molar-refractivity contribution in [2.45, 2.75) is 52.1 Å². The minimum absolute atomic E-state index is 0.0722. The molecule has 0 aromatic carbocycles. The van der Waals surface area contributed by atoms with E-state index in [1.807, 2.05) is 6.92 Å². The lowest BCUT2D eigenvalue weighted by Gasteiger charge is -2.20. The smallest absolute Gasteiger partial charge is 0.236 e. The van der Waals surface area contributed by atoms with Crippen LogP contribution in [0.5, 0.6) is 0 Å². The number of amides is 1. The molecule has 0 saturated carbocycles. The number of carbonyl (C=O) groups is 1. The summed E-state index contributed by atoms with van der Waals surface area (Å²) in [6, 6.07) is 0.312. The molecule has 0 bridgehead atoms. The van der Waals surface area contributed by atoms with Crippen LogP contribution >= 0.6 is 0 Å². The van der Waals surface area contributed by atoms with Crippen LogP contribution in [0.3, 0.4) is 0 Å². The zero-order valence-electron chi connectivity index (χ0n) is 11.0. The number of rotatable bonds is 9. The van der Waals surface area contributed by atoms with Gasteiger partial charge in [0.05, 0.1) is 6.04 Å². The molecule has 0 aromatic rings. The Bertz CT molecular complexity index is 182. The molecule has 0 aliphatic carbocycles. The molecule has 0 radical (unpaired) electrons. The summed E-state index contributed by atoms with van der Waals surface area (Å²) < 4.78 is 4.92. The molecule has 1 amide bonds. The van der Waals surface area contributed by atoms with Crippen LogP contribution in [0.4, 0.5) is 0 Å². The van der Waals surface area contributed by atoms with Gasteiger partial charge in [-0.2, -0.15) is 0 Å². The Morgan fingerprint density at radius 2 is 1.94 bits per heavy atom. The van der Waals surface area contributed by atoms with E-state index in [1.54, 1.807) is 7.11 Å². The summed E-state index contributed by atoms with van der Waals surface area (Å²) in [6.07, 6.45) is 2.97. The third-order valence-electron chi connectivity index (χ3n) is 2.69. The van der Waals surface area contributed by atoms with Gasteiger partial charge >= 0.3 is 0 Å². The molecule has 2 N–H and O–H groups in total. The maximum Gasteiger partial charge on any atom is 0.236 e. The minimum atomic E-state index is -0.118. The first-order valence-electron chi connectivity index (χ1n) is 6.18. The first-order chi connectivity index (χ1) is 7.65. The Morgan fingerprint density at radius 1 is 1.31 bits per heavy atom. The Morgan fingerprint density at radius 3 is 2.44 bits per heavy atom. The van der Waals surface area contributed by atoms with Crippen LogP contribution in [-0.4, -0.2) is 38.3 Å². The monoisotopic (exact) mass is 230 g/mol. The number of carbonyl (C=O) groups excluding carboxylic acids is 1. The molecule has 0 aliphatic rings. The van der Waals surface area contributed by atoms with Gasteiger partial charge in [-0.3, -0.25) is 4.79 Å². The molecular formula is C12H26N2O2. The lowest BCUT2D eigenvalue weighted by molar-refractivity contribution is -0.123. The summed E-state index contributed by atoms with van der Waals surface area (Å²) in [5, 5.41) is 6.20. The van der Waals surface area contributed by atoms with Gasteiger partial charge in [0, 0.05) is 26.3 Å². The predicted octanol–water partition coefficient (Wildman–Crippen LogP) is 1.31. The molecule has 4 heteroatoms. The van der Waals surface area contributed by atoms with Crippen LogP contribution in [0, 0.1) is 0 Å². The van der Waals surface area contributed by atoms with E-state index in [9.17, 15) is 4.79 Å². The standard InChI is InChI=1S/C12H26N2O2/c1-5-11(6-2)14-10(3)12(15)13-8-7-9-16-4/h10-11,14H,5-9H2,1-4H3,(H,13,15). The van der Waals surface area contributed by atoms with E-state index in [0.717, 1.165) is 19.3 Å². The van der Waals surface area contributed by atoms with Gasteiger partial charge in [-0.1, -0.05) is 13.8 Å². The number of methoxy groups -OCH3 is 1. The topological polar surface area (TPSA) is 50.4 Å². The Labute approximate surface area is 99.1 Å². The van der Waals surface area contributed by atoms with Crippen molar-refractivity contribution in [3.63, 3.8) is 0 Å². The summed E-state index contributed by atoms with van der Waals surface area (Å²) in [4.78, 5) is 11.7. The molecule has 0 fully saturated rings. The van der Waals surface area contributed by atoms with Crippen molar-refractivity contribution < 1.29 is 9.53 Å². The van der Waals surface area contributed by atoms with Crippen LogP contribution in [0.15, 0.2) is 0 Å². The Hall–Kier alpha value is -0.610. The molecule has 0 spiro atoms. The number of ether oxygens (including phenoxy) is 1. The second-order valence-electron chi connectivity index (χ2n) is 4.04. The predicted molar refractivity (Wildman–Crippen MR) is 66.5 cm³/mol. The van der Waals surface area contributed by atoms with E-state index in [2.05, 4.69) is 24.5 Å². The Balaban J connectivity index is 3.72. The maximum atomic E-state index is 11.7. The number of hydrogen-bond acceptors (Lipinski definition) is 3. The van der Waals surface area contributed by atoms with Gasteiger partial charge in [0.2, 0.25) is 5.91 Å². The van der Waals surface area contributed by atoms with E-state index < -0.39 is 0 Å². The fraction of sp³-hybridized carbons (Fsp3) is 0.917. The fourth-order valence-electron chi connectivity index (χ4n) is 1.53. The third kappa shape index (κ3) is 6.80. The summed E-state index contributed by atoms with van der Waals surface area (Å²) >= 11 is 0. The quantitative estimate of drug-likeness (QED) is 0.587. The molecule has 0 aromatic heterocycles. The van der Waals surface area contributed by atoms with Crippen LogP contribution < -0.4 is 10.6 Å². The highest BCUT2D eigenvalue weighted by Crippen LogP contribution is 1.98. The average molecular weight is 230 g/mol. The molecule has 4 nitrogen and oxygen atoms in total.